The van der Waals surface area contributed by atoms with Crippen molar-refractivity contribution in [3.05, 3.63) is 59.7 Å². The maximum absolute atomic E-state index is 9.06. The van der Waals surface area contributed by atoms with Crippen LogP contribution in [0.1, 0.15) is 50.7 Å². The third kappa shape index (κ3) is 5.90. The van der Waals surface area contributed by atoms with Gasteiger partial charge in [0.1, 0.15) is 11.5 Å². The standard InChI is InChI=1S/C10H14O.C9H12O/c1-8(2)9-5-4-6-10(7-9)11-3;1-7(2)8-4-3-5-9(10)6-8/h4-8H,1-3H3;3-7,10H,1-2H3. The van der Waals surface area contributed by atoms with E-state index in [0.29, 0.717) is 17.6 Å². The normalized spacial score (nSPS) is 10.2. The largest absolute Gasteiger partial charge is 0.508 e. The quantitative estimate of drug-likeness (QED) is 0.826. The number of hydrogen-bond donors (Lipinski definition) is 1. The lowest BCUT2D eigenvalue weighted by molar-refractivity contribution is 0.414. The van der Waals surface area contributed by atoms with Gasteiger partial charge < -0.3 is 9.84 Å². The summed E-state index contributed by atoms with van der Waals surface area (Å²) in [5.74, 6) is 2.36. The van der Waals surface area contributed by atoms with Crippen LogP contribution in [-0.4, -0.2) is 12.2 Å². The van der Waals surface area contributed by atoms with Crippen LogP contribution in [-0.2, 0) is 0 Å². The first-order valence-electron chi connectivity index (χ1n) is 7.37. The van der Waals surface area contributed by atoms with E-state index in [0.717, 1.165) is 5.75 Å². The Balaban J connectivity index is 0.000000211. The summed E-state index contributed by atoms with van der Waals surface area (Å²) in [6.07, 6.45) is 0. The Bertz CT molecular complexity index is 545. The molecule has 0 radical (unpaired) electrons. The number of methoxy groups -OCH3 is 1. The summed E-state index contributed by atoms with van der Waals surface area (Å²) >= 11 is 0. The molecule has 2 aromatic rings. The van der Waals surface area contributed by atoms with E-state index >= 15 is 0 Å². The van der Waals surface area contributed by atoms with Crippen molar-refractivity contribution in [1.29, 1.82) is 0 Å². The molecule has 0 amide bonds. The van der Waals surface area contributed by atoms with Gasteiger partial charge in [0.15, 0.2) is 0 Å². The second-order valence-electron chi connectivity index (χ2n) is 5.68. The Hall–Kier alpha value is -1.96. The van der Waals surface area contributed by atoms with E-state index in [-0.39, 0.29) is 0 Å². The summed E-state index contributed by atoms with van der Waals surface area (Å²) in [5, 5.41) is 9.06. The highest BCUT2D eigenvalue weighted by Crippen LogP contribution is 2.19. The van der Waals surface area contributed by atoms with E-state index in [1.54, 1.807) is 19.2 Å². The summed E-state index contributed by atoms with van der Waals surface area (Å²) in [4.78, 5) is 0. The van der Waals surface area contributed by atoms with E-state index in [1.165, 1.54) is 11.1 Å². The predicted octanol–water partition coefficient (Wildman–Crippen LogP) is 5.33. The van der Waals surface area contributed by atoms with Gasteiger partial charge >= 0.3 is 0 Å². The van der Waals surface area contributed by atoms with Crippen LogP contribution in [0.15, 0.2) is 48.5 Å². The van der Waals surface area contributed by atoms with Gasteiger partial charge in [-0.2, -0.15) is 0 Å². The summed E-state index contributed by atoms with van der Waals surface area (Å²) in [6, 6.07) is 15.5. The molecule has 2 nitrogen and oxygen atoms in total. The van der Waals surface area contributed by atoms with Crippen LogP contribution in [0.4, 0.5) is 0 Å². The molecule has 0 saturated heterocycles. The maximum Gasteiger partial charge on any atom is 0.119 e. The number of rotatable bonds is 3. The average molecular weight is 286 g/mol. The van der Waals surface area contributed by atoms with Gasteiger partial charge in [0.05, 0.1) is 7.11 Å². The lowest BCUT2D eigenvalue weighted by Gasteiger charge is -2.06. The van der Waals surface area contributed by atoms with Crippen molar-refractivity contribution in [2.75, 3.05) is 7.11 Å². The molecule has 21 heavy (non-hydrogen) atoms. The smallest absolute Gasteiger partial charge is 0.119 e. The highest BCUT2D eigenvalue weighted by atomic mass is 16.5. The maximum atomic E-state index is 9.06. The first-order valence-corrected chi connectivity index (χ1v) is 7.37. The zero-order chi connectivity index (χ0) is 15.8. The van der Waals surface area contributed by atoms with Gasteiger partial charge in [-0.05, 0) is 47.2 Å². The second-order valence-corrected chi connectivity index (χ2v) is 5.68. The molecule has 2 rings (SSSR count). The van der Waals surface area contributed by atoms with Crippen molar-refractivity contribution >= 4 is 0 Å². The molecular weight excluding hydrogens is 260 g/mol. The van der Waals surface area contributed by atoms with Gasteiger partial charge in [-0.25, -0.2) is 0 Å². The molecule has 0 atom stereocenters. The monoisotopic (exact) mass is 286 g/mol. The fourth-order valence-corrected chi connectivity index (χ4v) is 1.88. The first kappa shape index (κ1) is 17.1. The van der Waals surface area contributed by atoms with Gasteiger partial charge in [0, 0.05) is 0 Å². The van der Waals surface area contributed by atoms with Crippen LogP contribution in [0.2, 0.25) is 0 Å². The second kappa shape index (κ2) is 8.35. The third-order valence-electron chi connectivity index (χ3n) is 3.30. The summed E-state index contributed by atoms with van der Waals surface area (Å²) in [6.45, 7) is 8.56. The van der Waals surface area contributed by atoms with Crippen molar-refractivity contribution in [2.45, 2.75) is 39.5 Å². The third-order valence-corrected chi connectivity index (χ3v) is 3.30. The minimum absolute atomic E-state index is 0.353. The van der Waals surface area contributed by atoms with Crippen LogP contribution in [0, 0.1) is 0 Å². The molecule has 0 aromatic heterocycles. The predicted molar refractivity (Wildman–Crippen MR) is 89.3 cm³/mol. The van der Waals surface area contributed by atoms with Crippen molar-refractivity contribution in [3.63, 3.8) is 0 Å². The van der Waals surface area contributed by atoms with E-state index in [2.05, 4.69) is 39.8 Å². The Morgan fingerprint density at radius 1 is 0.810 bits per heavy atom. The van der Waals surface area contributed by atoms with Crippen LogP contribution in [0.25, 0.3) is 0 Å². The Morgan fingerprint density at radius 2 is 1.33 bits per heavy atom. The molecule has 0 aliphatic rings. The van der Waals surface area contributed by atoms with E-state index in [1.807, 2.05) is 24.3 Å². The number of aromatic hydroxyl groups is 1. The minimum atomic E-state index is 0.353. The van der Waals surface area contributed by atoms with Crippen molar-refractivity contribution in [2.24, 2.45) is 0 Å². The highest BCUT2D eigenvalue weighted by Gasteiger charge is 1.99. The molecule has 2 aromatic carbocycles. The van der Waals surface area contributed by atoms with Crippen molar-refractivity contribution in [1.82, 2.24) is 0 Å². The summed E-state index contributed by atoms with van der Waals surface area (Å²) in [5.41, 5.74) is 2.50. The van der Waals surface area contributed by atoms with Crippen LogP contribution in [0.5, 0.6) is 11.5 Å². The molecule has 0 fully saturated rings. The molecule has 0 aliphatic heterocycles. The summed E-state index contributed by atoms with van der Waals surface area (Å²) < 4.78 is 5.11. The molecule has 0 bridgehead atoms. The topological polar surface area (TPSA) is 29.5 Å². The van der Waals surface area contributed by atoms with Gasteiger partial charge in [-0.15, -0.1) is 0 Å². The molecule has 1 N–H and O–H groups in total. The lowest BCUT2D eigenvalue weighted by atomic mass is 10.0. The number of ether oxygens (including phenoxy) is 1. The number of phenolic OH excluding ortho intramolecular Hbond substituents is 1. The fourth-order valence-electron chi connectivity index (χ4n) is 1.88. The zero-order valence-electron chi connectivity index (χ0n) is 13.6. The van der Waals surface area contributed by atoms with Crippen LogP contribution in [0.3, 0.4) is 0 Å². The molecular formula is C19H26O2. The molecule has 0 heterocycles. The van der Waals surface area contributed by atoms with Gasteiger partial charge in [0.25, 0.3) is 0 Å². The first-order chi connectivity index (χ1) is 9.93. The fraction of sp³-hybridized carbons (Fsp3) is 0.368. The van der Waals surface area contributed by atoms with Gasteiger partial charge in [0.2, 0.25) is 0 Å². The average Bonchev–Trinajstić information content (AvgIpc) is 2.48. The number of hydrogen-bond acceptors (Lipinski definition) is 2. The van der Waals surface area contributed by atoms with Crippen molar-refractivity contribution in [3.8, 4) is 11.5 Å². The van der Waals surface area contributed by atoms with E-state index in [9.17, 15) is 0 Å². The minimum Gasteiger partial charge on any atom is -0.508 e. The Kier molecular flexibility index (Phi) is 6.80. The zero-order valence-corrected chi connectivity index (χ0v) is 13.6. The molecule has 0 saturated carbocycles. The molecule has 0 aliphatic carbocycles. The Morgan fingerprint density at radius 3 is 1.76 bits per heavy atom. The highest BCUT2D eigenvalue weighted by molar-refractivity contribution is 5.30. The molecule has 114 valence electrons. The molecule has 0 unspecified atom stereocenters. The molecule has 2 heteroatoms. The van der Waals surface area contributed by atoms with Crippen LogP contribution >= 0.6 is 0 Å². The van der Waals surface area contributed by atoms with Crippen molar-refractivity contribution < 1.29 is 9.84 Å². The number of benzene rings is 2. The Labute approximate surface area is 128 Å². The van der Waals surface area contributed by atoms with E-state index in [4.69, 9.17) is 9.84 Å². The van der Waals surface area contributed by atoms with E-state index < -0.39 is 0 Å². The van der Waals surface area contributed by atoms with Gasteiger partial charge in [-0.3, -0.25) is 0 Å². The SMILES string of the molecule is CC(C)c1cccc(O)c1.COc1cccc(C(C)C)c1. The molecule has 0 spiro atoms. The lowest BCUT2D eigenvalue weighted by Crippen LogP contribution is -1.88. The number of phenols is 1. The van der Waals surface area contributed by atoms with Gasteiger partial charge in [-0.1, -0.05) is 52.0 Å². The summed E-state index contributed by atoms with van der Waals surface area (Å²) in [7, 11) is 1.69. The van der Waals surface area contributed by atoms with Crippen LogP contribution < -0.4 is 4.74 Å².